The van der Waals surface area contributed by atoms with E-state index in [9.17, 15) is 4.79 Å². The minimum Gasteiger partial charge on any atom is -0.397 e. The van der Waals surface area contributed by atoms with Crippen molar-refractivity contribution < 1.29 is 4.79 Å². The van der Waals surface area contributed by atoms with Crippen LogP contribution in [0.4, 0.5) is 17.1 Å². The molecule has 114 valence electrons. The van der Waals surface area contributed by atoms with Crippen molar-refractivity contribution in [3.05, 3.63) is 17.7 Å². The first-order valence-electron chi connectivity index (χ1n) is 8.14. The Bertz CT molecular complexity index is 533. The van der Waals surface area contributed by atoms with E-state index in [1.54, 1.807) is 0 Å². The number of nitrogen functional groups attached to an aromatic ring is 1. The number of rotatable bonds is 3. The van der Waals surface area contributed by atoms with Gasteiger partial charge in [-0.2, -0.15) is 0 Å². The molecule has 0 aromatic heterocycles. The quantitative estimate of drug-likeness (QED) is 0.840. The molecule has 2 aliphatic rings. The molecule has 0 aliphatic carbocycles. The molecule has 3 N–H and O–H groups in total. The average molecular weight is 287 g/mol. The number of hydrogen-bond donors (Lipinski definition) is 2. The standard InChI is InChI=1S/C17H25N3O/c1-2-3-12-6-8-20(9-7-12)16-10-13-4-5-17(21)19-15(13)11-14(16)18/h10-12H,2-9,18H2,1H3,(H,19,21). The first kappa shape index (κ1) is 14.2. The highest BCUT2D eigenvalue weighted by molar-refractivity contribution is 5.95. The van der Waals surface area contributed by atoms with Crippen LogP contribution in [0.5, 0.6) is 0 Å². The van der Waals surface area contributed by atoms with Crippen LogP contribution in [-0.4, -0.2) is 19.0 Å². The monoisotopic (exact) mass is 287 g/mol. The van der Waals surface area contributed by atoms with Crippen molar-refractivity contribution in [2.45, 2.75) is 45.4 Å². The topological polar surface area (TPSA) is 58.4 Å². The van der Waals surface area contributed by atoms with Crippen molar-refractivity contribution in [1.82, 2.24) is 0 Å². The Labute approximate surface area is 126 Å². The Morgan fingerprint density at radius 1 is 1.29 bits per heavy atom. The highest BCUT2D eigenvalue weighted by Gasteiger charge is 2.22. The third-order valence-electron chi connectivity index (χ3n) is 4.80. The van der Waals surface area contributed by atoms with Gasteiger partial charge in [0.2, 0.25) is 5.91 Å². The van der Waals surface area contributed by atoms with E-state index in [0.29, 0.717) is 6.42 Å². The third-order valence-corrected chi connectivity index (χ3v) is 4.80. The summed E-state index contributed by atoms with van der Waals surface area (Å²) in [7, 11) is 0. The Morgan fingerprint density at radius 2 is 2.05 bits per heavy atom. The third kappa shape index (κ3) is 2.99. The molecule has 1 fully saturated rings. The van der Waals surface area contributed by atoms with Crippen molar-refractivity contribution in [3.8, 4) is 0 Å². The summed E-state index contributed by atoms with van der Waals surface area (Å²) in [5.41, 5.74) is 10.3. The lowest BCUT2D eigenvalue weighted by Gasteiger charge is -2.35. The molecule has 0 spiro atoms. The van der Waals surface area contributed by atoms with Gasteiger partial charge in [-0.3, -0.25) is 4.79 Å². The zero-order valence-electron chi connectivity index (χ0n) is 12.8. The SMILES string of the molecule is CCCC1CCN(c2cc3c(cc2N)NC(=O)CC3)CC1. The van der Waals surface area contributed by atoms with E-state index in [1.807, 2.05) is 6.07 Å². The molecule has 1 amide bonds. The highest BCUT2D eigenvalue weighted by Crippen LogP contribution is 2.35. The van der Waals surface area contributed by atoms with Crippen LogP contribution in [0.1, 0.15) is 44.6 Å². The van der Waals surface area contributed by atoms with Crippen molar-refractivity contribution in [2.24, 2.45) is 5.92 Å². The lowest BCUT2D eigenvalue weighted by Crippen LogP contribution is -2.34. The predicted molar refractivity (Wildman–Crippen MR) is 87.7 cm³/mol. The maximum atomic E-state index is 11.5. The molecule has 0 saturated carbocycles. The minimum absolute atomic E-state index is 0.0926. The van der Waals surface area contributed by atoms with E-state index in [1.165, 1.54) is 31.2 Å². The van der Waals surface area contributed by atoms with Crippen LogP contribution in [0.2, 0.25) is 0 Å². The van der Waals surface area contributed by atoms with Gasteiger partial charge < -0.3 is 16.0 Å². The molecule has 0 bridgehead atoms. The van der Waals surface area contributed by atoms with Crippen LogP contribution in [0, 0.1) is 5.92 Å². The normalized spacial score (nSPS) is 19.3. The minimum atomic E-state index is 0.0926. The zero-order chi connectivity index (χ0) is 14.8. The van der Waals surface area contributed by atoms with Crippen molar-refractivity contribution in [3.63, 3.8) is 0 Å². The second-order valence-electron chi connectivity index (χ2n) is 6.34. The number of anilines is 3. The first-order valence-corrected chi connectivity index (χ1v) is 8.14. The molecule has 2 aliphatic heterocycles. The second kappa shape index (κ2) is 5.96. The number of piperidine rings is 1. The molecular formula is C17H25N3O. The summed E-state index contributed by atoms with van der Waals surface area (Å²) in [6, 6.07) is 4.12. The Balaban J connectivity index is 1.76. The first-order chi connectivity index (χ1) is 10.2. The van der Waals surface area contributed by atoms with E-state index in [2.05, 4.69) is 23.2 Å². The molecular weight excluding hydrogens is 262 g/mol. The van der Waals surface area contributed by atoms with Gasteiger partial charge in [0.05, 0.1) is 11.4 Å². The van der Waals surface area contributed by atoms with Crippen molar-refractivity contribution in [2.75, 3.05) is 29.0 Å². The van der Waals surface area contributed by atoms with Crippen LogP contribution >= 0.6 is 0 Å². The lowest BCUT2D eigenvalue weighted by molar-refractivity contribution is -0.116. The van der Waals surface area contributed by atoms with Crippen LogP contribution in [-0.2, 0) is 11.2 Å². The number of hydrogen-bond acceptors (Lipinski definition) is 3. The van der Waals surface area contributed by atoms with Gasteiger partial charge in [-0.25, -0.2) is 0 Å². The number of fused-ring (bicyclic) bond motifs is 1. The van der Waals surface area contributed by atoms with Crippen LogP contribution in [0.3, 0.4) is 0 Å². The summed E-state index contributed by atoms with van der Waals surface area (Å²) < 4.78 is 0. The summed E-state index contributed by atoms with van der Waals surface area (Å²) >= 11 is 0. The molecule has 0 radical (unpaired) electrons. The number of nitrogens with two attached hydrogens (primary N) is 1. The molecule has 4 heteroatoms. The fourth-order valence-corrected chi connectivity index (χ4v) is 3.58. The molecule has 4 nitrogen and oxygen atoms in total. The summed E-state index contributed by atoms with van der Waals surface area (Å²) in [5, 5.41) is 2.92. The zero-order valence-corrected chi connectivity index (χ0v) is 12.8. The van der Waals surface area contributed by atoms with Gasteiger partial charge in [-0.15, -0.1) is 0 Å². The number of carbonyl (C=O) groups excluding carboxylic acids is 1. The number of aryl methyl sites for hydroxylation is 1. The van der Waals surface area contributed by atoms with Gasteiger partial charge >= 0.3 is 0 Å². The maximum Gasteiger partial charge on any atom is 0.224 e. The van der Waals surface area contributed by atoms with Gasteiger partial charge in [0, 0.05) is 25.2 Å². The fourth-order valence-electron chi connectivity index (χ4n) is 3.58. The fraction of sp³-hybridized carbons (Fsp3) is 0.588. The van der Waals surface area contributed by atoms with Crippen LogP contribution in [0.25, 0.3) is 0 Å². The number of benzene rings is 1. The summed E-state index contributed by atoms with van der Waals surface area (Å²) in [4.78, 5) is 13.9. The number of amides is 1. The van der Waals surface area contributed by atoms with E-state index < -0.39 is 0 Å². The Hall–Kier alpha value is -1.71. The molecule has 1 aromatic carbocycles. The van der Waals surface area contributed by atoms with Crippen LogP contribution < -0.4 is 16.0 Å². The number of nitrogens with one attached hydrogen (secondary N) is 1. The van der Waals surface area contributed by atoms with E-state index >= 15 is 0 Å². The second-order valence-corrected chi connectivity index (χ2v) is 6.34. The lowest BCUT2D eigenvalue weighted by atomic mass is 9.92. The van der Waals surface area contributed by atoms with Gasteiger partial charge in [0.25, 0.3) is 0 Å². The van der Waals surface area contributed by atoms with Crippen LogP contribution in [0.15, 0.2) is 12.1 Å². The van der Waals surface area contributed by atoms with E-state index in [4.69, 9.17) is 5.73 Å². The summed E-state index contributed by atoms with van der Waals surface area (Å²) in [6.07, 6.45) is 6.56. The van der Waals surface area contributed by atoms with Gasteiger partial charge in [-0.05, 0) is 42.9 Å². The smallest absolute Gasteiger partial charge is 0.224 e. The average Bonchev–Trinajstić information content (AvgIpc) is 2.48. The molecule has 0 atom stereocenters. The maximum absolute atomic E-state index is 11.5. The Kier molecular flexibility index (Phi) is 4.04. The number of nitrogens with zero attached hydrogens (tertiary/aromatic N) is 1. The van der Waals surface area contributed by atoms with Crippen molar-refractivity contribution >= 4 is 23.0 Å². The van der Waals surface area contributed by atoms with E-state index in [0.717, 1.165) is 42.5 Å². The predicted octanol–water partition coefficient (Wildman–Crippen LogP) is 3.17. The molecule has 2 heterocycles. The van der Waals surface area contributed by atoms with Gasteiger partial charge in [0.15, 0.2) is 0 Å². The summed E-state index contributed by atoms with van der Waals surface area (Å²) in [6.45, 7) is 4.46. The van der Waals surface area contributed by atoms with E-state index in [-0.39, 0.29) is 5.91 Å². The molecule has 0 unspecified atom stereocenters. The molecule has 1 saturated heterocycles. The number of carbonyl (C=O) groups is 1. The van der Waals surface area contributed by atoms with Gasteiger partial charge in [-0.1, -0.05) is 19.8 Å². The Morgan fingerprint density at radius 3 is 2.76 bits per heavy atom. The summed E-state index contributed by atoms with van der Waals surface area (Å²) in [5.74, 6) is 0.972. The highest BCUT2D eigenvalue weighted by atomic mass is 16.1. The van der Waals surface area contributed by atoms with Gasteiger partial charge in [0.1, 0.15) is 0 Å². The molecule has 3 rings (SSSR count). The largest absolute Gasteiger partial charge is 0.397 e. The van der Waals surface area contributed by atoms with Crippen molar-refractivity contribution in [1.29, 1.82) is 0 Å². The molecule has 1 aromatic rings. The molecule has 21 heavy (non-hydrogen) atoms.